The average molecular weight is 460 g/mol. The molecule has 0 bridgehead atoms. The van der Waals surface area contributed by atoms with Gasteiger partial charge in [0.1, 0.15) is 0 Å². The van der Waals surface area contributed by atoms with Gasteiger partial charge in [0.25, 0.3) is 0 Å². The van der Waals surface area contributed by atoms with E-state index < -0.39 is 0 Å². The van der Waals surface area contributed by atoms with Crippen LogP contribution in [-0.4, -0.2) is 0 Å². The highest BCUT2D eigenvalue weighted by molar-refractivity contribution is 9.11. The summed E-state index contributed by atoms with van der Waals surface area (Å²) in [5, 5.41) is 0.701. The number of benzene rings is 1. The Morgan fingerprint density at radius 3 is 2.47 bits per heavy atom. The highest BCUT2D eigenvalue weighted by Crippen LogP contribution is 2.38. The van der Waals surface area contributed by atoms with Gasteiger partial charge in [0.15, 0.2) is 0 Å². The van der Waals surface area contributed by atoms with Crippen LogP contribution in [0.3, 0.4) is 0 Å². The molecule has 0 saturated carbocycles. The second-order valence-corrected chi connectivity index (χ2v) is 7.99. The summed E-state index contributed by atoms with van der Waals surface area (Å²) in [6.07, 6.45) is 0. The Labute approximate surface area is 134 Å². The van der Waals surface area contributed by atoms with Crippen LogP contribution in [0.25, 0.3) is 0 Å². The Morgan fingerprint density at radius 2 is 1.88 bits per heavy atom. The second kappa shape index (κ2) is 5.72. The van der Waals surface area contributed by atoms with Gasteiger partial charge in [-0.3, -0.25) is 0 Å². The van der Waals surface area contributed by atoms with E-state index in [0.717, 1.165) is 23.2 Å². The van der Waals surface area contributed by atoms with E-state index in [1.807, 2.05) is 24.3 Å². The van der Waals surface area contributed by atoms with E-state index >= 15 is 0 Å². The molecule has 1 aromatic carbocycles. The Kier molecular flexibility index (Phi) is 4.72. The lowest BCUT2D eigenvalue weighted by molar-refractivity contribution is 0.886. The second-order valence-electron chi connectivity index (χ2n) is 3.41. The minimum atomic E-state index is -0.185. The van der Waals surface area contributed by atoms with Crippen LogP contribution in [-0.2, 0) is 0 Å². The number of halogens is 4. The molecule has 2 rings (SSSR count). The molecule has 1 unspecified atom stereocenters. The van der Waals surface area contributed by atoms with Crippen LogP contribution < -0.4 is 5.73 Å². The number of rotatable bonds is 2. The van der Waals surface area contributed by atoms with E-state index in [1.54, 1.807) is 11.3 Å². The molecule has 0 aliphatic carbocycles. The molecule has 2 aromatic rings. The van der Waals surface area contributed by atoms with Crippen molar-refractivity contribution in [3.8, 4) is 0 Å². The summed E-state index contributed by atoms with van der Waals surface area (Å²) in [5.41, 5.74) is 7.28. The Morgan fingerprint density at radius 1 is 1.18 bits per heavy atom. The number of hydrogen-bond acceptors (Lipinski definition) is 2. The molecule has 0 fully saturated rings. The van der Waals surface area contributed by atoms with Crippen LogP contribution in [0.5, 0.6) is 0 Å². The van der Waals surface area contributed by atoms with Crippen molar-refractivity contribution in [2.45, 2.75) is 6.04 Å². The summed E-state index contributed by atoms with van der Waals surface area (Å²) >= 11 is 17.9. The highest BCUT2D eigenvalue weighted by Gasteiger charge is 2.16. The minimum Gasteiger partial charge on any atom is -0.320 e. The van der Waals surface area contributed by atoms with E-state index in [9.17, 15) is 0 Å². The third-order valence-corrected chi connectivity index (χ3v) is 6.04. The first-order chi connectivity index (χ1) is 7.99. The number of thiophene rings is 1. The van der Waals surface area contributed by atoms with Gasteiger partial charge in [-0.2, -0.15) is 0 Å². The quantitative estimate of drug-likeness (QED) is 0.608. The molecule has 0 saturated heterocycles. The van der Waals surface area contributed by atoms with Gasteiger partial charge in [-0.1, -0.05) is 43.5 Å². The molecule has 1 nitrogen and oxygen atoms in total. The Bertz CT molecular complexity index is 536. The zero-order valence-electron chi connectivity index (χ0n) is 8.38. The monoisotopic (exact) mass is 457 g/mol. The van der Waals surface area contributed by atoms with E-state index in [1.165, 1.54) is 0 Å². The normalized spacial score (nSPS) is 12.8. The van der Waals surface area contributed by atoms with Gasteiger partial charge in [0.05, 0.1) is 14.9 Å². The smallest absolute Gasteiger partial charge is 0.0888 e. The van der Waals surface area contributed by atoms with E-state index in [0.29, 0.717) is 5.02 Å². The third kappa shape index (κ3) is 3.14. The van der Waals surface area contributed by atoms with Gasteiger partial charge in [0.2, 0.25) is 0 Å². The zero-order chi connectivity index (χ0) is 12.6. The first kappa shape index (κ1) is 14.0. The molecule has 0 radical (unpaired) electrons. The van der Waals surface area contributed by atoms with Crippen molar-refractivity contribution in [1.29, 1.82) is 0 Å². The summed E-state index contributed by atoms with van der Waals surface area (Å²) in [5.74, 6) is 0. The molecule has 2 N–H and O–H groups in total. The van der Waals surface area contributed by atoms with Crippen LogP contribution in [0, 0.1) is 0 Å². The van der Waals surface area contributed by atoms with E-state index in [2.05, 4.69) is 47.8 Å². The zero-order valence-corrected chi connectivity index (χ0v) is 14.7. The summed E-state index contributed by atoms with van der Waals surface area (Å²) in [7, 11) is 0. The minimum absolute atomic E-state index is 0.185. The van der Waals surface area contributed by atoms with Gasteiger partial charge in [-0.25, -0.2) is 0 Å². The molecule has 1 aromatic heterocycles. The molecular weight excluding hydrogens is 453 g/mol. The number of hydrogen-bond donors (Lipinski definition) is 1. The largest absolute Gasteiger partial charge is 0.320 e. The molecular formula is C11H7Br3ClNS. The molecule has 1 atom stereocenters. The fraction of sp³-hybridized carbons (Fsp3) is 0.0909. The van der Waals surface area contributed by atoms with Crippen molar-refractivity contribution >= 4 is 70.7 Å². The van der Waals surface area contributed by atoms with Gasteiger partial charge < -0.3 is 5.73 Å². The molecule has 6 heteroatoms. The maximum Gasteiger partial charge on any atom is 0.0888 e. The van der Waals surface area contributed by atoms with Crippen molar-refractivity contribution < 1.29 is 0 Å². The molecule has 0 aliphatic heterocycles. The first-order valence-electron chi connectivity index (χ1n) is 4.64. The van der Waals surface area contributed by atoms with Crippen molar-refractivity contribution in [1.82, 2.24) is 0 Å². The van der Waals surface area contributed by atoms with E-state index in [-0.39, 0.29) is 6.04 Å². The third-order valence-electron chi connectivity index (χ3n) is 2.26. The van der Waals surface area contributed by atoms with Crippen molar-refractivity contribution in [3.05, 3.63) is 52.5 Å². The van der Waals surface area contributed by atoms with Gasteiger partial charge in [0, 0.05) is 13.8 Å². The van der Waals surface area contributed by atoms with Crippen LogP contribution in [0.4, 0.5) is 0 Å². The fourth-order valence-electron chi connectivity index (χ4n) is 1.42. The Hall–Kier alpha value is 0.610. The molecule has 1 heterocycles. The predicted octanol–water partition coefficient (Wildman–Crippen LogP) is 5.74. The van der Waals surface area contributed by atoms with Crippen molar-refractivity contribution in [3.63, 3.8) is 0 Å². The van der Waals surface area contributed by atoms with Crippen LogP contribution in [0.1, 0.15) is 16.5 Å². The fourth-order valence-corrected chi connectivity index (χ4v) is 4.06. The summed E-state index contributed by atoms with van der Waals surface area (Å²) in [6.45, 7) is 0. The first-order valence-corrected chi connectivity index (χ1v) is 8.21. The van der Waals surface area contributed by atoms with Crippen LogP contribution >= 0.6 is 70.7 Å². The SMILES string of the molecule is NC(c1cc(Cl)c(Br)s1)c1cc(Br)ccc1Br. The standard InChI is InChI=1S/C11H7Br3ClNS/c12-5-1-2-7(13)6(3-5)10(16)9-4-8(15)11(14)17-9/h1-4,10H,16H2. The van der Waals surface area contributed by atoms with Crippen LogP contribution in [0.15, 0.2) is 37.0 Å². The van der Waals surface area contributed by atoms with Gasteiger partial charge >= 0.3 is 0 Å². The maximum atomic E-state index is 6.25. The lowest BCUT2D eigenvalue weighted by Gasteiger charge is -2.12. The Balaban J connectivity index is 2.42. The average Bonchev–Trinajstić information content (AvgIpc) is 2.62. The summed E-state index contributed by atoms with van der Waals surface area (Å²) < 4.78 is 2.91. The topological polar surface area (TPSA) is 26.0 Å². The van der Waals surface area contributed by atoms with Gasteiger partial charge in [-0.15, -0.1) is 11.3 Å². The molecule has 0 amide bonds. The van der Waals surface area contributed by atoms with Crippen molar-refractivity contribution in [2.75, 3.05) is 0 Å². The molecule has 90 valence electrons. The molecule has 17 heavy (non-hydrogen) atoms. The van der Waals surface area contributed by atoms with Gasteiger partial charge in [-0.05, 0) is 45.8 Å². The van der Waals surface area contributed by atoms with Crippen molar-refractivity contribution in [2.24, 2.45) is 5.73 Å². The highest BCUT2D eigenvalue weighted by atomic mass is 79.9. The maximum absolute atomic E-state index is 6.25. The lowest BCUT2D eigenvalue weighted by Crippen LogP contribution is -2.10. The molecule has 0 spiro atoms. The summed E-state index contributed by atoms with van der Waals surface area (Å²) in [6, 6.07) is 7.67. The lowest BCUT2D eigenvalue weighted by atomic mass is 10.1. The predicted molar refractivity (Wildman–Crippen MR) is 84.9 cm³/mol. The van der Waals surface area contributed by atoms with E-state index in [4.69, 9.17) is 17.3 Å². The summed E-state index contributed by atoms with van der Waals surface area (Å²) in [4.78, 5) is 1.03. The van der Waals surface area contributed by atoms with Crippen LogP contribution in [0.2, 0.25) is 5.02 Å². The molecule has 0 aliphatic rings. The number of nitrogens with two attached hydrogens (primary N) is 1.